The maximum absolute atomic E-state index is 12.3. The molecule has 2 atom stereocenters. The number of rotatable bonds is 5. The first-order valence-electron chi connectivity index (χ1n) is 8.13. The van der Waals surface area contributed by atoms with E-state index in [4.69, 9.17) is 27.9 Å². The van der Waals surface area contributed by atoms with E-state index in [1.807, 2.05) is 6.92 Å². The Labute approximate surface area is 165 Å². The van der Waals surface area contributed by atoms with Crippen molar-refractivity contribution in [3.05, 3.63) is 33.8 Å². The van der Waals surface area contributed by atoms with Gasteiger partial charge in [0.15, 0.2) is 6.61 Å². The van der Waals surface area contributed by atoms with E-state index >= 15 is 0 Å². The van der Waals surface area contributed by atoms with Crippen LogP contribution in [0.4, 0.5) is 0 Å². The van der Waals surface area contributed by atoms with Gasteiger partial charge < -0.3 is 15.0 Å². The SMILES string of the molecule is C[C@]12CCC(=O)N1[C@H](C(=O)OCC(=O)NCc1ccc(Cl)cc1Cl)CS2. The van der Waals surface area contributed by atoms with Crippen LogP contribution >= 0.6 is 35.0 Å². The second kappa shape index (κ2) is 7.66. The quantitative estimate of drug-likeness (QED) is 0.746. The van der Waals surface area contributed by atoms with Gasteiger partial charge in [-0.1, -0.05) is 29.3 Å². The fourth-order valence-corrected chi connectivity index (χ4v) is 5.03. The summed E-state index contributed by atoms with van der Waals surface area (Å²) >= 11 is 13.4. The highest BCUT2D eigenvalue weighted by Crippen LogP contribution is 2.47. The fraction of sp³-hybridized carbons (Fsp3) is 0.471. The molecule has 0 unspecified atom stereocenters. The van der Waals surface area contributed by atoms with E-state index in [1.54, 1.807) is 34.9 Å². The molecule has 1 N–H and O–H groups in total. The Bertz CT molecular complexity index is 760. The van der Waals surface area contributed by atoms with Crippen LogP contribution in [0.3, 0.4) is 0 Å². The number of fused-ring (bicyclic) bond motifs is 1. The van der Waals surface area contributed by atoms with Crippen molar-refractivity contribution < 1.29 is 19.1 Å². The summed E-state index contributed by atoms with van der Waals surface area (Å²) in [4.78, 5) is 37.5. The highest BCUT2D eigenvalue weighted by molar-refractivity contribution is 8.01. The molecule has 0 spiro atoms. The van der Waals surface area contributed by atoms with Gasteiger partial charge >= 0.3 is 5.97 Å². The Morgan fingerprint density at radius 2 is 2.19 bits per heavy atom. The number of thioether (sulfide) groups is 1. The Hall–Kier alpha value is -1.44. The molecular weight excluding hydrogens is 399 g/mol. The minimum absolute atomic E-state index is 0.0405. The molecule has 2 heterocycles. The monoisotopic (exact) mass is 416 g/mol. The number of benzene rings is 1. The van der Waals surface area contributed by atoms with Gasteiger partial charge in [-0.15, -0.1) is 11.8 Å². The summed E-state index contributed by atoms with van der Waals surface area (Å²) in [6.07, 6.45) is 1.16. The van der Waals surface area contributed by atoms with Gasteiger partial charge in [0.1, 0.15) is 6.04 Å². The second-order valence-electron chi connectivity index (χ2n) is 6.39. The lowest BCUT2D eigenvalue weighted by molar-refractivity contribution is -0.156. The molecule has 2 fully saturated rings. The van der Waals surface area contributed by atoms with E-state index in [0.29, 0.717) is 27.8 Å². The smallest absolute Gasteiger partial charge is 0.330 e. The highest BCUT2D eigenvalue weighted by Gasteiger charge is 2.53. The highest BCUT2D eigenvalue weighted by atomic mass is 35.5. The zero-order chi connectivity index (χ0) is 18.9. The summed E-state index contributed by atoms with van der Waals surface area (Å²) in [6, 6.07) is 4.36. The molecule has 2 aliphatic heterocycles. The fourth-order valence-electron chi connectivity index (χ4n) is 3.14. The van der Waals surface area contributed by atoms with Crippen molar-refractivity contribution in [3.63, 3.8) is 0 Å². The number of carbonyl (C=O) groups excluding carboxylic acids is 3. The summed E-state index contributed by atoms with van der Waals surface area (Å²) < 4.78 is 5.11. The van der Waals surface area contributed by atoms with Gasteiger partial charge in [-0.3, -0.25) is 9.59 Å². The number of ether oxygens (including phenoxy) is 1. The normalized spacial score (nSPS) is 24.5. The van der Waals surface area contributed by atoms with Crippen LogP contribution < -0.4 is 5.32 Å². The molecule has 0 radical (unpaired) electrons. The molecule has 140 valence electrons. The molecule has 0 aromatic heterocycles. The molecule has 26 heavy (non-hydrogen) atoms. The molecular formula is C17H18Cl2N2O4S. The third kappa shape index (κ3) is 3.94. The largest absolute Gasteiger partial charge is 0.454 e. The van der Waals surface area contributed by atoms with E-state index in [2.05, 4.69) is 5.32 Å². The first-order chi connectivity index (χ1) is 12.3. The lowest BCUT2D eigenvalue weighted by Gasteiger charge is -2.29. The molecule has 1 aromatic rings. The van der Waals surface area contributed by atoms with Crippen LogP contribution in [0, 0.1) is 0 Å². The average molecular weight is 417 g/mol. The average Bonchev–Trinajstić information content (AvgIpc) is 3.08. The van der Waals surface area contributed by atoms with E-state index < -0.39 is 24.5 Å². The van der Waals surface area contributed by atoms with Crippen molar-refractivity contribution in [2.24, 2.45) is 0 Å². The molecule has 9 heteroatoms. The van der Waals surface area contributed by atoms with Crippen molar-refractivity contribution in [2.45, 2.75) is 37.2 Å². The number of carbonyl (C=O) groups is 3. The summed E-state index contributed by atoms with van der Waals surface area (Å²) in [5.74, 6) is -0.536. The Morgan fingerprint density at radius 3 is 2.92 bits per heavy atom. The maximum atomic E-state index is 12.3. The van der Waals surface area contributed by atoms with Crippen molar-refractivity contribution in [2.75, 3.05) is 12.4 Å². The molecule has 3 rings (SSSR count). The number of amides is 2. The van der Waals surface area contributed by atoms with Gasteiger partial charge in [-0.25, -0.2) is 4.79 Å². The van der Waals surface area contributed by atoms with Crippen molar-refractivity contribution >= 4 is 52.7 Å². The second-order valence-corrected chi connectivity index (χ2v) is 8.73. The standard InChI is InChI=1S/C17H18Cl2N2O4S/c1-17-5-4-15(23)21(17)13(9-26-17)16(24)25-8-14(22)20-7-10-2-3-11(18)6-12(10)19/h2-3,6,13H,4-5,7-9H2,1H3,(H,20,22)/t13-,17-/m0/s1. The summed E-state index contributed by atoms with van der Waals surface area (Å²) in [5.41, 5.74) is 0.710. The summed E-state index contributed by atoms with van der Waals surface area (Å²) in [5, 5.41) is 3.60. The number of nitrogens with zero attached hydrogens (tertiary/aromatic N) is 1. The van der Waals surface area contributed by atoms with Crippen molar-refractivity contribution in [1.82, 2.24) is 10.2 Å². The molecule has 0 aliphatic carbocycles. The van der Waals surface area contributed by atoms with Gasteiger partial charge in [0.25, 0.3) is 5.91 Å². The van der Waals surface area contributed by atoms with E-state index in [0.717, 1.165) is 6.42 Å². The summed E-state index contributed by atoms with van der Waals surface area (Å²) in [6.45, 7) is 1.76. The van der Waals surface area contributed by atoms with Gasteiger partial charge in [-0.2, -0.15) is 0 Å². The topological polar surface area (TPSA) is 75.7 Å². The number of halogens is 2. The lowest BCUT2D eigenvalue weighted by Crippen LogP contribution is -2.47. The molecule has 6 nitrogen and oxygen atoms in total. The number of hydrogen-bond donors (Lipinski definition) is 1. The minimum Gasteiger partial charge on any atom is -0.454 e. The van der Waals surface area contributed by atoms with Crippen LogP contribution in [-0.2, 0) is 25.7 Å². The Morgan fingerprint density at radius 1 is 1.42 bits per heavy atom. The van der Waals surface area contributed by atoms with E-state index in [-0.39, 0.29) is 17.3 Å². The van der Waals surface area contributed by atoms with Gasteiger partial charge in [-0.05, 0) is 31.0 Å². The first kappa shape index (κ1) is 19.3. The molecule has 2 amide bonds. The lowest BCUT2D eigenvalue weighted by atomic mass is 10.2. The predicted octanol–water partition coefficient (Wildman–Crippen LogP) is 2.61. The number of hydrogen-bond acceptors (Lipinski definition) is 5. The molecule has 0 saturated carbocycles. The van der Waals surface area contributed by atoms with Gasteiger partial charge in [0, 0.05) is 28.8 Å². The van der Waals surface area contributed by atoms with Crippen molar-refractivity contribution in [3.8, 4) is 0 Å². The third-order valence-corrected chi connectivity index (χ3v) is 6.65. The predicted molar refractivity (Wildman–Crippen MR) is 100.0 cm³/mol. The molecule has 2 saturated heterocycles. The molecule has 1 aromatic carbocycles. The molecule has 2 aliphatic rings. The van der Waals surface area contributed by atoms with Crippen LogP contribution in [0.25, 0.3) is 0 Å². The van der Waals surface area contributed by atoms with Crippen LogP contribution in [0.2, 0.25) is 10.0 Å². The van der Waals surface area contributed by atoms with Crippen LogP contribution in [0.5, 0.6) is 0 Å². The van der Waals surface area contributed by atoms with Gasteiger partial charge in [0.05, 0.1) is 4.87 Å². The Balaban J connectivity index is 1.48. The Kier molecular flexibility index (Phi) is 5.69. The van der Waals surface area contributed by atoms with Crippen LogP contribution in [0.15, 0.2) is 18.2 Å². The maximum Gasteiger partial charge on any atom is 0.330 e. The minimum atomic E-state index is -0.626. The first-order valence-corrected chi connectivity index (χ1v) is 9.88. The zero-order valence-electron chi connectivity index (χ0n) is 14.1. The van der Waals surface area contributed by atoms with Gasteiger partial charge in [0.2, 0.25) is 5.91 Å². The molecule has 0 bridgehead atoms. The third-order valence-electron chi connectivity index (χ3n) is 4.55. The number of esters is 1. The van der Waals surface area contributed by atoms with E-state index in [9.17, 15) is 14.4 Å². The van der Waals surface area contributed by atoms with Crippen molar-refractivity contribution in [1.29, 1.82) is 0 Å². The summed E-state index contributed by atoms with van der Waals surface area (Å²) in [7, 11) is 0. The zero-order valence-corrected chi connectivity index (χ0v) is 16.4. The van der Waals surface area contributed by atoms with Crippen LogP contribution in [0.1, 0.15) is 25.3 Å². The number of nitrogens with one attached hydrogen (secondary N) is 1. The van der Waals surface area contributed by atoms with E-state index in [1.165, 1.54) is 0 Å². The van der Waals surface area contributed by atoms with Crippen LogP contribution in [-0.4, -0.2) is 46.0 Å².